The summed E-state index contributed by atoms with van der Waals surface area (Å²) >= 11 is 1.88. The first-order chi connectivity index (χ1) is 22.7. The Morgan fingerprint density at radius 3 is 1.91 bits per heavy atom. The Kier molecular flexibility index (Phi) is 6.26. The lowest BCUT2D eigenvalue weighted by molar-refractivity contribution is 1.10. The van der Waals surface area contributed by atoms with Gasteiger partial charge >= 0.3 is 0 Å². The molecule has 0 bridgehead atoms. The highest BCUT2D eigenvalue weighted by Gasteiger charge is 2.29. The van der Waals surface area contributed by atoms with Gasteiger partial charge in [-0.3, -0.25) is 4.98 Å². The van der Waals surface area contributed by atoms with Crippen LogP contribution in [0.1, 0.15) is 22.4 Å². The molecule has 0 saturated heterocycles. The topological polar surface area (TPSA) is 12.9 Å². The minimum Gasteiger partial charge on any atom is -0.251 e. The van der Waals surface area contributed by atoms with Gasteiger partial charge in [0.2, 0.25) is 0 Å². The third kappa shape index (κ3) is 4.11. The van der Waals surface area contributed by atoms with Crippen molar-refractivity contribution in [3.63, 3.8) is 0 Å². The first-order valence-corrected chi connectivity index (χ1v) is 16.8. The van der Waals surface area contributed by atoms with E-state index in [1.54, 1.807) is 0 Å². The fraction of sp³-hybridized carbons (Fsp3) is 0.0682. The van der Waals surface area contributed by atoms with Crippen molar-refractivity contribution < 1.29 is 0 Å². The second-order valence-electron chi connectivity index (χ2n) is 12.3. The van der Waals surface area contributed by atoms with Gasteiger partial charge in [-0.2, -0.15) is 0 Å². The van der Waals surface area contributed by atoms with Crippen LogP contribution in [0.25, 0.3) is 75.9 Å². The van der Waals surface area contributed by atoms with Crippen molar-refractivity contribution >= 4 is 31.5 Å². The summed E-state index contributed by atoms with van der Waals surface area (Å²) in [6.07, 6.45) is 0.861. The predicted molar refractivity (Wildman–Crippen MR) is 197 cm³/mol. The van der Waals surface area contributed by atoms with Gasteiger partial charge in [-0.1, -0.05) is 127 Å². The number of thiophene rings is 1. The Morgan fingerprint density at radius 1 is 0.500 bits per heavy atom. The number of hydrogen-bond donors (Lipinski definition) is 0. The molecule has 218 valence electrons. The molecular formula is C44H31NS. The van der Waals surface area contributed by atoms with E-state index >= 15 is 0 Å². The molecule has 1 aliphatic carbocycles. The number of benzene rings is 6. The zero-order chi connectivity index (χ0) is 30.8. The summed E-state index contributed by atoms with van der Waals surface area (Å²) in [4.78, 5) is 5.65. The monoisotopic (exact) mass is 605 g/mol. The summed E-state index contributed by atoms with van der Waals surface area (Å²) in [7, 11) is 0. The quantitative estimate of drug-likeness (QED) is 0.194. The lowest BCUT2D eigenvalue weighted by atomic mass is 9.82. The van der Waals surface area contributed by atoms with E-state index < -0.39 is 0 Å². The minimum atomic E-state index is 0.861. The van der Waals surface area contributed by atoms with Crippen LogP contribution in [0.4, 0.5) is 0 Å². The molecule has 0 radical (unpaired) electrons. The van der Waals surface area contributed by atoms with Crippen LogP contribution in [0.15, 0.2) is 140 Å². The normalized spacial score (nSPS) is 12.0. The fourth-order valence-electron chi connectivity index (χ4n) is 7.51. The van der Waals surface area contributed by atoms with Gasteiger partial charge in [-0.05, 0) is 76.1 Å². The summed E-state index contributed by atoms with van der Waals surface area (Å²) in [5, 5.41) is 2.61. The second kappa shape index (κ2) is 10.7. The van der Waals surface area contributed by atoms with Crippen molar-refractivity contribution in [2.45, 2.75) is 20.3 Å². The Hall–Kier alpha value is -5.31. The SMILES string of the molecule is Cc1c(-c2c(-c3ccccc3-c3ccccc3)cc3sc4ccccc4c3c2-c2ccccc2)nc2c(c1C)-c1ccccc1C2. The molecule has 0 N–H and O–H groups in total. The lowest BCUT2D eigenvalue weighted by Gasteiger charge is -2.22. The number of hydrogen-bond acceptors (Lipinski definition) is 2. The molecule has 0 saturated carbocycles. The molecule has 46 heavy (non-hydrogen) atoms. The largest absolute Gasteiger partial charge is 0.251 e. The third-order valence-electron chi connectivity index (χ3n) is 9.74. The van der Waals surface area contributed by atoms with E-state index in [0.717, 1.165) is 12.1 Å². The highest BCUT2D eigenvalue weighted by molar-refractivity contribution is 7.26. The van der Waals surface area contributed by atoms with Gasteiger partial charge < -0.3 is 0 Å². The first-order valence-electron chi connectivity index (χ1n) is 15.9. The van der Waals surface area contributed by atoms with Crippen LogP contribution in [-0.4, -0.2) is 4.98 Å². The number of aromatic nitrogens is 1. The maximum absolute atomic E-state index is 5.65. The molecule has 9 rings (SSSR count). The molecule has 2 heterocycles. The van der Waals surface area contributed by atoms with E-state index in [9.17, 15) is 0 Å². The summed E-state index contributed by atoms with van der Waals surface area (Å²) in [5.74, 6) is 0. The average molecular weight is 606 g/mol. The standard InChI is InChI=1S/C44H31NS/c1-27-28(2)44(45-37-25-31-19-9-10-21-33(31)40(27)37)43-36(34-22-12-11-20-32(34)29-15-5-3-6-16-29)26-39-42(35-23-13-14-24-38(35)46-39)41(43)30-17-7-4-8-18-30/h3-24,26H,25H2,1-2H3. The van der Waals surface area contributed by atoms with Gasteiger partial charge in [-0.25, -0.2) is 0 Å². The molecule has 2 aromatic heterocycles. The number of nitrogens with zero attached hydrogens (tertiary/aromatic N) is 1. The van der Waals surface area contributed by atoms with Crippen molar-refractivity contribution in [2.75, 3.05) is 0 Å². The molecule has 0 atom stereocenters. The number of rotatable bonds is 4. The van der Waals surface area contributed by atoms with Gasteiger partial charge in [0.1, 0.15) is 0 Å². The molecule has 6 aromatic carbocycles. The summed E-state index contributed by atoms with van der Waals surface area (Å²) in [6, 6.07) is 50.8. The zero-order valence-corrected chi connectivity index (χ0v) is 26.7. The molecular weight excluding hydrogens is 575 g/mol. The summed E-state index contributed by atoms with van der Waals surface area (Å²) < 4.78 is 2.60. The molecule has 0 amide bonds. The van der Waals surface area contributed by atoms with Crippen molar-refractivity contribution in [1.29, 1.82) is 0 Å². The highest BCUT2D eigenvalue weighted by atomic mass is 32.1. The molecule has 0 aliphatic heterocycles. The molecule has 0 unspecified atom stereocenters. The lowest BCUT2D eigenvalue weighted by Crippen LogP contribution is -2.02. The van der Waals surface area contributed by atoms with Crippen LogP contribution in [-0.2, 0) is 6.42 Å². The predicted octanol–water partition coefficient (Wildman–Crippen LogP) is 12.3. The average Bonchev–Trinajstić information content (AvgIpc) is 3.68. The van der Waals surface area contributed by atoms with Crippen molar-refractivity contribution in [1.82, 2.24) is 4.98 Å². The summed E-state index contributed by atoms with van der Waals surface area (Å²) in [6.45, 7) is 4.57. The fourth-order valence-corrected chi connectivity index (χ4v) is 8.66. The maximum atomic E-state index is 5.65. The van der Waals surface area contributed by atoms with Crippen LogP contribution in [0.5, 0.6) is 0 Å². The molecule has 0 fully saturated rings. The van der Waals surface area contributed by atoms with E-state index in [1.165, 1.54) is 92.6 Å². The minimum absolute atomic E-state index is 0.861. The Morgan fingerprint density at radius 2 is 1.13 bits per heavy atom. The van der Waals surface area contributed by atoms with Crippen molar-refractivity contribution in [2.24, 2.45) is 0 Å². The smallest absolute Gasteiger partial charge is 0.0750 e. The van der Waals surface area contributed by atoms with Gasteiger partial charge in [-0.15, -0.1) is 11.3 Å². The Bertz CT molecular complexity index is 2450. The van der Waals surface area contributed by atoms with Crippen LogP contribution in [0, 0.1) is 13.8 Å². The van der Waals surface area contributed by atoms with Gasteiger partial charge in [0.05, 0.1) is 11.4 Å². The second-order valence-corrected chi connectivity index (χ2v) is 13.4. The van der Waals surface area contributed by atoms with E-state index in [4.69, 9.17) is 4.98 Å². The molecule has 2 heteroatoms. The van der Waals surface area contributed by atoms with Crippen LogP contribution in [0.2, 0.25) is 0 Å². The first kappa shape index (κ1) is 27.0. The van der Waals surface area contributed by atoms with E-state index in [1.807, 2.05) is 11.3 Å². The Balaban J connectivity index is 1.47. The number of pyridine rings is 1. The zero-order valence-electron chi connectivity index (χ0n) is 25.8. The van der Waals surface area contributed by atoms with Crippen LogP contribution >= 0.6 is 11.3 Å². The number of fused-ring (bicyclic) bond motifs is 6. The third-order valence-corrected chi connectivity index (χ3v) is 10.9. The highest BCUT2D eigenvalue weighted by Crippen LogP contribution is 2.52. The van der Waals surface area contributed by atoms with E-state index in [0.29, 0.717) is 0 Å². The molecule has 8 aromatic rings. The van der Waals surface area contributed by atoms with Gasteiger partial charge in [0.15, 0.2) is 0 Å². The Labute approximate surface area is 273 Å². The van der Waals surface area contributed by atoms with Crippen molar-refractivity contribution in [3.05, 3.63) is 162 Å². The molecule has 1 nitrogen and oxygen atoms in total. The van der Waals surface area contributed by atoms with Crippen LogP contribution < -0.4 is 0 Å². The van der Waals surface area contributed by atoms with E-state index in [-0.39, 0.29) is 0 Å². The van der Waals surface area contributed by atoms with E-state index in [2.05, 4.69) is 153 Å². The molecule has 0 spiro atoms. The van der Waals surface area contributed by atoms with Crippen molar-refractivity contribution in [3.8, 4) is 55.8 Å². The van der Waals surface area contributed by atoms with Gasteiger partial charge in [0, 0.05) is 43.3 Å². The molecule has 1 aliphatic rings. The maximum Gasteiger partial charge on any atom is 0.0750 e. The van der Waals surface area contributed by atoms with Gasteiger partial charge in [0.25, 0.3) is 0 Å². The van der Waals surface area contributed by atoms with Crippen LogP contribution in [0.3, 0.4) is 0 Å². The summed E-state index contributed by atoms with van der Waals surface area (Å²) in [5.41, 5.74) is 17.4.